The molecule has 0 unspecified atom stereocenters. The van der Waals surface area contributed by atoms with E-state index in [-0.39, 0.29) is 12.5 Å². The minimum absolute atomic E-state index is 0.0291. The quantitative estimate of drug-likeness (QED) is 0.635. The van der Waals surface area contributed by atoms with Crippen molar-refractivity contribution >= 4 is 29.1 Å². The van der Waals surface area contributed by atoms with E-state index in [9.17, 15) is 4.79 Å². The molecule has 134 valence electrons. The Balaban J connectivity index is 1.81. The molecule has 3 rings (SSSR count). The minimum Gasteiger partial charge on any atom is -0.385 e. The van der Waals surface area contributed by atoms with E-state index in [1.54, 1.807) is 7.11 Å². The Kier molecular flexibility index (Phi) is 6.17. The summed E-state index contributed by atoms with van der Waals surface area (Å²) in [7, 11) is 1.66. The highest BCUT2D eigenvalue weighted by molar-refractivity contribution is 5.83. The molecule has 0 aliphatic rings. The SMILES string of the molecule is COCCCNC(=O)Cn1c(/C=C/c2ccccc2)nc2ccccc21. The Bertz CT molecular complexity index is 885. The maximum absolute atomic E-state index is 12.3. The van der Waals surface area contributed by atoms with E-state index in [4.69, 9.17) is 4.74 Å². The van der Waals surface area contributed by atoms with Gasteiger partial charge in [0.05, 0.1) is 11.0 Å². The van der Waals surface area contributed by atoms with Crippen molar-refractivity contribution in [3.8, 4) is 0 Å². The zero-order valence-electron chi connectivity index (χ0n) is 14.9. The second-order valence-electron chi connectivity index (χ2n) is 5.99. The van der Waals surface area contributed by atoms with Gasteiger partial charge in [-0.3, -0.25) is 4.79 Å². The number of hydrogen-bond donors (Lipinski definition) is 1. The molecule has 0 fully saturated rings. The third-order valence-corrected chi connectivity index (χ3v) is 4.06. The molecule has 3 aromatic rings. The van der Waals surface area contributed by atoms with Gasteiger partial charge in [-0.1, -0.05) is 48.5 Å². The van der Waals surface area contributed by atoms with Crippen molar-refractivity contribution in [2.24, 2.45) is 0 Å². The molecule has 2 aromatic carbocycles. The molecule has 0 bridgehead atoms. The van der Waals surface area contributed by atoms with Crippen LogP contribution in [-0.4, -0.2) is 35.7 Å². The number of aromatic nitrogens is 2. The molecule has 0 radical (unpaired) electrons. The molecule has 0 aliphatic carbocycles. The van der Waals surface area contributed by atoms with Gasteiger partial charge < -0.3 is 14.6 Å². The molecule has 0 saturated carbocycles. The molecule has 1 heterocycles. The van der Waals surface area contributed by atoms with Gasteiger partial charge >= 0.3 is 0 Å². The summed E-state index contributed by atoms with van der Waals surface area (Å²) in [5.74, 6) is 0.737. The van der Waals surface area contributed by atoms with Crippen molar-refractivity contribution in [2.45, 2.75) is 13.0 Å². The number of ether oxygens (including phenoxy) is 1. The standard InChI is InChI=1S/C21H23N3O2/c1-26-15-7-14-22-21(25)16-24-19-11-6-5-10-18(19)23-20(24)13-12-17-8-3-2-4-9-17/h2-6,8-13H,7,14-16H2,1H3,(H,22,25)/b13-12+. The van der Waals surface area contributed by atoms with Crippen LogP contribution < -0.4 is 5.32 Å². The lowest BCUT2D eigenvalue weighted by atomic mass is 10.2. The molecule has 1 aromatic heterocycles. The number of rotatable bonds is 8. The monoisotopic (exact) mass is 349 g/mol. The molecule has 1 N–H and O–H groups in total. The third kappa shape index (κ3) is 4.58. The third-order valence-electron chi connectivity index (χ3n) is 4.06. The fraction of sp³-hybridized carbons (Fsp3) is 0.238. The smallest absolute Gasteiger partial charge is 0.240 e. The Hall–Kier alpha value is -2.92. The Morgan fingerprint density at radius 3 is 2.69 bits per heavy atom. The van der Waals surface area contributed by atoms with Crippen molar-refractivity contribution in [2.75, 3.05) is 20.3 Å². The van der Waals surface area contributed by atoms with E-state index in [2.05, 4.69) is 10.3 Å². The molecule has 0 atom stereocenters. The number of nitrogens with one attached hydrogen (secondary N) is 1. The van der Waals surface area contributed by atoms with Crippen LogP contribution in [0.3, 0.4) is 0 Å². The van der Waals surface area contributed by atoms with Crippen molar-refractivity contribution in [1.82, 2.24) is 14.9 Å². The Morgan fingerprint density at radius 1 is 1.12 bits per heavy atom. The second kappa shape index (κ2) is 8.97. The number of carbonyl (C=O) groups is 1. The van der Waals surface area contributed by atoms with Crippen molar-refractivity contribution in [3.05, 3.63) is 66.0 Å². The van der Waals surface area contributed by atoms with Gasteiger partial charge in [-0.25, -0.2) is 4.98 Å². The highest BCUT2D eigenvalue weighted by atomic mass is 16.5. The maximum Gasteiger partial charge on any atom is 0.240 e. The van der Waals surface area contributed by atoms with Gasteiger partial charge in [-0.15, -0.1) is 0 Å². The highest BCUT2D eigenvalue weighted by Crippen LogP contribution is 2.18. The number of imidazole rings is 1. The van der Waals surface area contributed by atoms with Crippen LogP contribution in [0, 0.1) is 0 Å². The van der Waals surface area contributed by atoms with Crippen molar-refractivity contribution < 1.29 is 9.53 Å². The minimum atomic E-state index is -0.0291. The summed E-state index contributed by atoms with van der Waals surface area (Å²) >= 11 is 0. The number of methoxy groups -OCH3 is 1. The number of nitrogens with zero attached hydrogens (tertiary/aromatic N) is 2. The van der Waals surface area contributed by atoms with Crippen LogP contribution in [0.15, 0.2) is 54.6 Å². The van der Waals surface area contributed by atoms with Crippen LogP contribution >= 0.6 is 0 Å². The van der Waals surface area contributed by atoms with E-state index in [0.29, 0.717) is 13.2 Å². The van der Waals surface area contributed by atoms with E-state index < -0.39 is 0 Å². The highest BCUT2D eigenvalue weighted by Gasteiger charge is 2.11. The maximum atomic E-state index is 12.3. The van der Waals surface area contributed by atoms with Crippen LogP contribution in [0.1, 0.15) is 17.8 Å². The van der Waals surface area contributed by atoms with Gasteiger partial charge in [0.25, 0.3) is 0 Å². The zero-order chi connectivity index (χ0) is 18.2. The fourth-order valence-corrected chi connectivity index (χ4v) is 2.77. The average Bonchev–Trinajstić information content (AvgIpc) is 3.02. The number of fused-ring (bicyclic) bond motifs is 1. The lowest BCUT2D eigenvalue weighted by Gasteiger charge is -2.08. The van der Waals surface area contributed by atoms with Gasteiger partial charge in [-0.05, 0) is 30.2 Å². The summed E-state index contributed by atoms with van der Waals surface area (Å²) < 4.78 is 6.95. The molecule has 5 heteroatoms. The van der Waals surface area contributed by atoms with E-state index in [1.807, 2.05) is 71.3 Å². The van der Waals surface area contributed by atoms with Gasteiger partial charge in [0.2, 0.25) is 5.91 Å². The summed E-state index contributed by atoms with van der Waals surface area (Å²) in [4.78, 5) is 17.0. The lowest BCUT2D eigenvalue weighted by Crippen LogP contribution is -2.29. The number of hydrogen-bond acceptors (Lipinski definition) is 3. The summed E-state index contributed by atoms with van der Waals surface area (Å²) in [5, 5.41) is 2.93. The normalized spacial score (nSPS) is 11.3. The first-order valence-electron chi connectivity index (χ1n) is 8.72. The summed E-state index contributed by atoms with van der Waals surface area (Å²) in [6.07, 6.45) is 4.76. The van der Waals surface area contributed by atoms with Crippen molar-refractivity contribution in [3.63, 3.8) is 0 Å². The summed E-state index contributed by atoms with van der Waals surface area (Å²) in [6, 6.07) is 17.9. The van der Waals surface area contributed by atoms with Crippen molar-refractivity contribution in [1.29, 1.82) is 0 Å². The Morgan fingerprint density at radius 2 is 1.88 bits per heavy atom. The van der Waals surface area contributed by atoms with Crippen LogP contribution in [0.2, 0.25) is 0 Å². The second-order valence-corrected chi connectivity index (χ2v) is 5.99. The largest absolute Gasteiger partial charge is 0.385 e. The molecule has 0 aliphatic heterocycles. The number of para-hydroxylation sites is 2. The Labute approximate surface area is 153 Å². The van der Waals surface area contributed by atoms with E-state index in [0.717, 1.165) is 28.8 Å². The molecular weight excluding hydrogens is 326 g/mol. The van der Waals surface area contributed by atoms with Gasteiger partial charge in [0.1, 0.15) is 12.4 Å². The predicted molar refractivity (Wildman–Crippen MR) is 105 cm³/mol. The first-order valence-corrected chi connectivity index (χ1v) is 8.72. The molecule has 26 heavy (non-hydrogen) atoms. The molecule has 0 spiro atoms. The first-order chi connectivity index (χ1) is 12.8. The zero-order valence-corrected chi connectivity index (χ0v) is 14.9. The number of benzene rings is 2. The molecule has 0 saturated heterocycles. The topological polar surface area (TPSA) is 56.1 Å². The summed E-state index contributed by atoms with van der Waals surface area (Å²) in [6.45, 7) is 1.48. The summed E-state index contributed by atoms with van der Waals surface area (Å²) in [5.41, 5.74) is 2.93. The van der Waals surface area contributed by atoms with Crippen LogP contribution in [0.25, 0.3) is 23.2 Å². The van der Waals surface area contributed by atoms with Gasteiger partial charge in [-0.2, -0.15) is 0 Å². The van der Waals surface area contributed by atoms with Crippen LogP contribution in [-0.2, 0) is 16.1 Å². The average molecular weight is 349 g/mol. The fourth-order valence-electron chi connectivity index (χ4n) is 2.77. The van der Waals surface area contributed by atoms with E-state index in [1.165, 1.54) is 0 Å². The number of amides is 1. The number of carbonyl (C=O) groups excluding carboxylic acids is 1. The van der Waals surface area contributed by atoms with Crippen LogP contribution in [0.5, 0.6) is 0 Å². The first kappa shape index (κ1) is 17.9. The molecule has 1 amide bonds. The van der Waals surface area contributed by atoms with E-state index >= 15 is 0 Å². The predicted octanol–water partition coefficient (Wildman–Crippen LogP) is 3.36. The van der Waals surface area contributed by atoms with Gasteiger partial charge in [0, 0.05) is 20.3 Å². The van der Waals surface area contributed by atoms with Gasteiger partial charge in [0.15, 0.2) is 0 Å². The molecule has 5 nitrogen and oxygen atoms in total. The lowest BCUT2D eigenvalue weighted by molar-refractivity contribution is -0.121. The van der Waals surface area contributed by atoms with Crippen LogP contribution in [0.4, 0.5) is 0 Å². The molecular formula is C21H23N3O2.